The number of hydrogen-bond donors (Lipinski definition) is 2. The first-order valence-electron chi connectivity index (χ1n) is 5.64. The fraction of sp³-hybridized carbons (Fsp3) is 0.900. The number of hydrogen-bond acceptors (Lipinski definition) is 5. The second kappa shape index (κ2) is 4.58. The first-order chi connectivity index (χ1) is 8.64. The Morgan fingerprint density at radius 1 is 1.37 bits per heavy atom. The van der Waals surface area contributed by atoms with Crippen LogP contribution in [-0.2, 0) is 19.0 Å². The third-order valence-electron chi connectivity index (χ3n) is 2.89. The van der Waals surface area contributed by atoms with Gasteiger partial charge in [0.25, 0.3) is 0 Å². The lowest BCUT2D eigenvalue weighted by Gasteiger charge is -2.25. The van der Waals surface area contributed by atoms with Gasteiger partial charge in [0.15, 0.2) is 12.1 Å². The summed E-state index contributed by atoms with van der Waals surface area (Å²) in [6.45, 7) is 2.60. The number of rotatable bonds is 2. The lowest BCUT2D eigenvalue weighted by molar-refractivity contribution is -0.211. The Labute approximate surface area is 106 Å². The molecule has 2 saturated heterocycles. The van der Waals surface area contributed by atoms with E-state index in [9.17, 15) is 18.0 Å². The number of carbonyl (C=O) groups is 1. The molecule has 2 rings (SSSR count). The molecule has 0 aromatic rings. The van der Waals surface area contributed by atoms with Gasteiger partial charge in [-0.1, -0.05) is 0 Å². The Morgan fingerprint density at radius 3 is 2.53 bits per heavy atom. The Kier molecular flexibility index (Phi) is 3.50. The number of alkyl halides is 3. The molecule has 2 aliphatic rings. The van der Waals surface area contributed by atoms with Crippen LogP contribution in [-0.4, -0.2) is 54.1 Å². The van der Waals surface area contributed by atoms with Crippen LogP contribution in [0.1, 0.15) is 13.8 Å². The number of nitrogens with one attached hydrogen (secondary N) is 1. The highest BCUT2D eigenvalue weighted by molar-refractivity contribution is 5.82. The van der Waals surface area contributed by atoms with Crippen LogP contribution < -0.4 is 5.32 Å². The van der Waals surface area contributed by atoms with Gasteiger partial charge in [-0.2, -0.15) is 13.2 Å². The Balaban J connectivity index is 2.10. The summed E-state index contributed by atoms with van der Waals surface area (Å²) >= 11 is 0. The average molecular weight is 285 g/mol. The Hall–Kier alpha value is -0.900. The molecule has 4 atom stereocenters. The average Bonchev–Trinajstić information content (AvgIpc) is 2.70. The van der Waals surface area contributed by atoms with Crippen molar-refractivity contribution in [1.29, 1.82) is 0 Å². The summed E-state index contributed by atoms with van der Waals surface area (Å²) in [5, 5.41) is 10.8. The topological polar surface area (TPSA) is 77.0 Å². The van der Waals surface area contributed by atoms with Crippen molar-refractivity contribution >= 4 is 5.91 Å². The van der Waals surface area contributed by atoms with Crippen molar-refractivity contribution in [2.75, 3.05) is 6.61 Å². The van der Waals surface area contributed by atoms with Gasteiger partial charge < -0.3 is 24.6 Å². The van der Waals surface area contributed by atoms with Crippen molar-refractivity contribution in [3.63, 3.8) is 0 Å². The van der Waals surface area contributed by atoms with E-state index in [-0.39, 0.29) is 0 Å². The van der Waals surface area contributed by atoms with Crippen molar-refractivity contribution in [1.82, 2.24) is 5.32 Å². The normalized spacial score (nSPS) is 37.2. The van der Waals surface area contributed by atoms with Gasteiger partial charge in [-0.05, 0) is 13.8 Å². The summed E-state index contributed by atoms with van der Waals surface area (Å²) in [5.74, 6) is -3.12. The minimum absolute atomic E-state index is 0.553. The van der Waals surface area contributed by atoms with Crippen LogP contribution in [0.4, 0.5) is 13.2 Å². The van der Waals surface area contributed by atoms with Crippen molar-refractivity contribution in [3.05, 3.63) is 0 Å². The lowest BCUT2D eigenvalue weighted by Crippen LogP contribution is -2.52. The molecular weight excluding hydrogens is 271 g/mol. The van der Waals surface area contributed by atoms with Crippen molar-refractivity contribution in [2.24, 2.45) is 0 Å². The largest absolute Gasteiger partial charge is 0.471 e. The minimum atomic E-state index is -5.01. The zero-order valence-electron chi connectivity index (χ0n) is 10.2. The fourth-order valence-corrected chi connectivity index (χ4v) is 2.14. The molecule has 0 aliphatic carbocycles. The zero-order valence-corrected chi connectivity index (χ0v) is 10.2. The highest BCUT2D eigenvalue weighted by Gasteiger charge is 2.56. The third kappa shape index (κ3) is 2.83. The van der Waals surface area contributed by atoms with Crippen LogP contribution in [0, 0.1) is 0 Å². The number of ether oxygens (including phenoxy) is 3. The van der Waals surface area contributed by atoms with Gasteiger partial charge >= 0.3 is 12.1 Å². The maximum atomic E-state index is 12.2. The predicted molar refractivity (Wildman–Crippen MR) is 53.8 cm³/mol. The fourth-order valence-electron chi connectivity index (χ4n) is 2.14. The second-order valence-corrected chi connectivity index (χ2v) is 4.82. The van der Waals surface area contributed by atoms with Gasteiger partial charge in [0.1, 0.15) is 12.2 Å². The molecule has 2 heterocycles. The van der Waals surface area contributed by atoms with E-state index in [4.69, 9.17) is 19.3 Å². The molecule has 4 unspecified atom stereocenters. The maximum absolute atomic E-state index is 12.2. The molecular formula is C10H14F3NO5. The van der Waals surface area contributed by atoms with Gasteiger partial charge in [0.05, 0.1) is 12.6 Å². The number of aliphatic hydroxyl groups excluding tert-OH is 1. The summed E-state index contributed by atoms with van der Waals surface area (Å²) in [7, 11) is 0. The summed E-state index contributed by atoms with van der Waals surface area (Å²) in [5.41, 5.74) is 0. The zero-order chi connectivity index (χ0) is 14.4. The van der Waals surface area contributed by atoms with Crippen LogP contribution in [0.25, 0.3) is 0 Å². The number of carbonyl (C=O) groups excluding carboxylic acids is 1. The number of fused-ring (bicyclic) bond motifs is 1. The van der Waals surface area contributed by atoms with Crippen LogP contribution >= 0.6 is 0 Å². The van der Waals surface area contributed by atoms with E-state index in [2.05, 4.69) is 0 Å². The van der Waals surface area contributed by atoms with E-state index >= 15 is 0 Å². The standard InChI is InChI=1S/C10H14F3NO5/c1-9(2)18-6-5(14-8(16)10(11,12)13)4(3-15)17-7(6)19-9/h4-7,15H,3H2,1-2H3,(H,14,16). The van der Waals surface area contributed by atoms with Crippen molar-refractivity contribution in [2.45, 2.75) is 50.4 Å². The molecule has 2 N–H and O–H groups in total. The van der Waals surface area contributed by atoms with Crippen LogP contribution in [0.15, 0.2) is 0 Å². The monoisotopic (exact) mass is 285 g/mol. The number of halogens is 3. The first-order valence-corrected chi connectivity index (χ1v) is 5.64. The molecule has 110 valence electrons. The molecule has 1 amide bonds. The smallest absolute Gasteiger partial charge is 0.394 e. The van der Waals surface area contributed by atoms with Crippen LogP contribution in [0.5, 0.6) is 0 Å². The van der Waals surface area contributed by atoms with Crippen molar-refractivity contribution in [3.8, 4) is 0 Å². The summed E-state index contributed by atoms with van der Waals surface area (Å²) in [6.07, 6.45) is -7.81. The van der Waals surface area contributed by atoms with Crippen LogP contribution in [0.2, 0.25) is 0 Å². The second-order valence-electron chi connectivity index (χ2n) is 4.82. The van der Waals surface area contributed by atoms with Crippen molar-refractivity contribution < 1.29 is 37.3 Å². The molecule has 0 aromatic heterocycles. The molecule has 19 heavy (non-hydrogen) atoms. The molecule has 0 saturated carbocycles. The van der Waals surface area contributed by atoms with Gasteiger partial charge in [-0.25, -0.2) is 0 Å². The van der Waals surface area contributed by atoms with E-state index < -0.39 is 49.0 Å². The molecule has 2 aliphatic heterocycles. The molecule has 2 fully saturated rings. The van der Waals surface area contributed by atoms with E-state index in [0.717, 1.165) is 0 Å². The SMILES string of the molecule is CC1(C)OC2OC(CO)C(NC(=O)C(F)(F)F)C2O1. The van der Waals surface area contributed by atoms with Gasteiger partial charge in [-0.3, -0.25) is 4.79 Å². The lowest BCUT2D eigenvalue weighted by atomic mass is 10.1. The number of aliphatic hydroxyl groups is 1. The maximum Gasteiger partial charge on any atom is 0.471 e. The number of amides is 1. The van der Waals surface area contributed by atoms with Gasteiger partial charge in [0, 0.05) is 0 Å². The Morgan fingerprint density at radius 2 is 2.00 bits per heavy atom. The van der Waals surface area contributed by atoms with E-state index in [1.807, 2.05) is 0 Å². The van der Waals surface area contributed by atoms with Crippen LogP contribution in [0.3, 0.4) is 0 Å². The highest BCUT2D eigenvalue weighted by Crippen LogP contribution is 2.37. The van der Waals surface area contributed by atoms with E-state index in [1.165, 1.54) is 0 Å². The Bertz CT molecular complexity index is 373. The quantitative estimate of drug-likeness (QED) is 0.741. The summed E-state index contributed by atoms with van der Waals surface area (Å²) in [4.78, 5) is 11.0. The molecule has 0 spiro atoms. The minimum Gasteiger partial charge on any atom is -0.394 e. The third-order valence-corrected chi connectivity index (χ3v) is 2.89. The summed E-state index contributed by atoms with van der Waals surface area (Å²) in [6, 6.07) is -1.12. The molecule has 0 aromatic carbocycles. The first kappa shape index (κ1) is 14.5. The van der Waals surface area contributed by atoms with E-state index in [0.29, 0.717) is 0 Å². The molecule has 0 bridgehead atoms. The predicted octanol–water partition coefficient (Wildman–Crippen LogP) is -0.0978. The van der Waals surface area contributed by atoms with E-state index in [1.54, 1.807) is 19.2 Å². The molecule has 6 nitrogen and oxygen atoms in total. The molecule has 9 heteroatoms. The van der Waals surface area contributed by atoms with Gasteiger partial charge in [0.2, 0.25) is 0 Å². The van der Waals surface area contributed by atoms with Gasteiger partial charge in [-0.15, -0.1) is 0 Å². The molecule has 0 radical (unpaired) electrons. The summed E-state index contributed by atoms with van der Waals surface area (Å²) < 4.78 is 52.6. The highest BCUT2D eigenvalue weighted by atomic mass is 19.4.